The van der Waals surface area contributed by atoms with Gasteiger partial charge in [-0.15, -0.1) is 0 Å². The first-order chi connectivity index (χ1) is 3.13. The van der Waals surface area contributed by atoms with Gasteiger partial charge in [0.05, 0.1) is 0 Å². The van der Waals surface area contributed by atoms with Crippen LogP contribution in [0.1, 0.15) is 13.8 Å². The molecular formula is C3H10Al2NO. The van der Waals surface area contributed by atoms with Crippen molar-refractivity contribution in [2.24, 2.45) is 0 Å². The van der Waals surface area contributed by atoms with Crippen molar-refractivity contribution in [3.8, 4) is 0 Å². The van der Waals surface area contributed by atoms with E-state index in [9.17, 15) is 0 Å². The fourth-order valence-electron chi connectivity index (χ4n) is 0.421. The van der Waals surface area contributed by atoms with Crippen LogP contribution >= 0.6 is 0 Å². The van der Waals surface area contributed by atoms with Gasteiger partial charge in [0, 0.05) is 0 Å². The molecule has 0 aromatic carbocycles. The topological polar surface area (TPSA) is 23.5 Å². The Kier molecular flexibility index (Phi) is 4.48. The van der Waals surface area contributed by atoms with Crippen molar-refractivity contribution in [2.45, 2.75) is 18.6 Å². The summed E-state index contributed by atoms with van der Waals surface area (Å²) in [5, 5.41) is 8.63. The lowest BCUT2D eigenvalue weighted by molar-refractivity contribution is 0.0950. The van der Waals surface area contributed by atoms with Gasteiger partial charge in [-0.05, 0) is 0 Å². The van der Waals surface area contributed by atoms with Crippen LogP contribution in [0.2, 0.25) is 4.78 Å². The minimum absolute atomic E-state index is 0.318. The molecule has 0 unspecified atom stereocenters. The Labute approximate surface area is 59.0 Å². The van der Waals surface area contributed by atoms with E-state index in [1.807, 2.05) is 0 Å². The number of nitrogens with zero attached hydrogens (tertiary/aromatic N) is 1. The molecule has 0 rings (SSSR count). The maximum atomic E-state index is 8.63. The minimum atomic E-state index is -0.318. The molecule has 0 bridgehead atoms. The Morgan fingerprint density at radius 3 is 2.14 bits per heavy atom. The van der Waals surface area contributed by atoms with Crippen molar-refractivity contribution in [1.29, 1.82) is 0 Å². The van der Waals surface area contributed by atoms with Gasteiger partial charge in [-0.25, -0.2) is 0 Å². The van der Waals surface area contributed by atoms with Crippen LogP contribution in [0.25, 0.3) is 0 Å². The van der Waals surface area contributed by atoms with Gasteiger partial charge >= 0.3 is 15.4 Å². The maximum Gasteiger partial charge on any atom is 0.351 e. The Morgan fingerprint density at radius 1 is 1.71 bits per heavy atom. The van der Waals surface area contributed by atoms with Crippen molar-refractivity contribution in [2.75, 3.05) is 0 Å². The molecule has 0 aliphatic carbocycles. The summed E-state index contributed by atoms with van der Waals surface area (Å²) in [7, 11) is 0. The quantitative estimate of drug-likeness (QED) is 0.409. The van der Waals surface area contributed by atoms with Crippen LogP contribution in [0, 0.1) is 0 Å². The predicted octanol–water partition coefficient (Wildman–Crippen LogP) is -0.327. The third-order valence-corrected chi connectivity index (χ3v) is 2.50. The maximum absolute atomic E-state index is 8.63. The number of hydrogen-bond acceptors (Lipinski definition) is 2. The van der Waals surface area contributed by atoms with Gasteiger partial charge in [0.25, 0.3) is 16.5 Å². The van der Waals surface area contributed by atoms with Crippen LogP contribution in [-0.2, 0) is 0 Å². The van der Waals surface area contributed by atoms with Crippen molar-refractivity contribution in [3.05, 3.63) is 0 Å². The lowest BCUT2D eigenvalue weighted by Gasteiger charge is -2.07. The van der Waals surface area contributed by atoms with Crippen molar-refractivity contribution >= 4 is 32.0 Å². The van der Waals surface area contributed by atoms with E-state index in [0.29, 0.717) is 4.78 Å². The Morgan fingerprint density at radius 2 is 2.14 bits per heavy atom. The minimum Gasteiger partial charge on any atom is -0.365 e. The molecule has 0 aromatic heterocycles. The molecule has 0 atom stereocenters. The summed E-state index contributed by atoms with van der Waals surface area (Å²) in [6, 6.07) is 0. The largest absolute Gasteiger partial charge is 0.365 e. The second-order valence-electron chi connectivity index (χ2n) is 2.08. The second kappa shape index (κ2) is 3.92. The Hall–Kier alpha value is 0.985. The highest BCUT2D eigenvalue weighted by atomic mass is 27.2. The highest BCUT2D eigenvalue weighted by Gasteiger charge is 2.00. The van der Waals surface area contributed by atoms with Crippen molar-refractivity contribution < 1.29 is 5.21 Å². The first-order valence-corrected chi connectivity index (χ1v) is 4.48. The van der Waals surface area contributed by atoms with E-state index in [1.165, 1.54) is 19.5 Å². The van der Waals surface area contributed by atoms with E-state index in [1.54, 1.807) is 0 Å². The number of hydrogen-bond donors (Lipinski definition) is 1. The summed E-state index contributed by atoms with van der Waals surface area (Å²) >= 11 is 1.22. The van der Waals surface area contributed by atoms with Gasteiger partial charge in [-0.3, -0.25) is 0 Å². The molecule has 4 heteroatoms. The molecule has 0 heterocycles. The molecule has 0 amide bonds. The van der Waals surface area contributed by atoms with Crippen LogP contribution in [0.3, 0.4) is 0 Å². The average molecular weight is 130 g/mol. The molecule has 0 aromatic rings. The third kappa shape index (κ3) is 6.98. The van der Waals surface area contributed by atoms with E-state index in [-0.39, 0.29) is 15.4 Å². The molecule has 0 aliphatic heterocycles. The molecule has 0 saturated heterocycles. The molecule has 0 aliphatic rings. The molecule has 2 nitrogen and oxygen atoms in total. The van der Waals surface area contributed by atoms with E-state index in [2.05, 4.69) is 13.8 Å². The molecule has 7 heavy (non-hydrogen) atoms. The van der Waals surface area contributed by atoms with Crippen molar-refractivity contribution in [1.82, 2.24) is 3.03 Å². The molecule has 39 valence electrons. The zero-order chi connectivity index (χ0) is 5.86. The Balaban J connectivity index is 2.95. The fraction of sp³-hybridized carbons (Fsp3) is 1.00. The molecule has 0 saturated carbocycles. The Bertz CT molecular complexity index is 42.2. The monoisotopic (exact) mass is 130 g/mol. The summed E-state index contributed by atoms with van der Waals surface area (Å²) in [6.45, 7) is 4.26. The first-order valence-electron chi connectivity index (χ1n) is 2.40. The zero-order valence-electron chi connectivity index (χ0n) is 4.89. The van der Waals surface area contributed by atoms with E-state index < -0.39 is 0 Å². The lowest BCUT2D eigenvalue weighted by Crippen LogP contribution is -2.21. The van der Waals surface area contributed by atoms with E-state index >= 15 is 0 Å². The lowest BCUT2D eigenvalue weighted by atomic mass is 10.6. The summed E-state index contributed by atoms with van der Waals surface area (Å²) in [5.74, 6) is 0. The van der Waals surface area contributed by atoms with Crippen molar-refractivity contribution in [3.63, 3.8) is 0 Å². The summed E-state index contributed by atoms with van der Waals surface area (Å²) in [6.07, 6.45) is 0. The van der Waals surface area contributed by atoms with Crippen LogP contribution in [0.5, 0.6) is 0 Å². The van der Waals surface area contributed by atoms with E-state index in [0.717, 1.165) is 0 Å². The van der Waals surface area contributed by atoms with E-state index in [4.69, 9.17) is 5.21 Å². The highest BCUT2D eigenvalue weighted by Crippen LogP contribution is 1.95. The highest BCUT2D eigenvalue weighted by molar-refractivity contribution is 6.41. The van der Waals surface area contributed by atoms with Gasteiger partial charge in [0.1, 0.15) is 0 Å². The zero-order valence-corrected chi connectivity index (χ0v) is 7.71. The molecular weight excluding hydrogens is 120 g/mol. The van der Waals surface area contributed by atoms with Gasteiger partial charge in [0.2, 0.25) is 0 Å². The van der Waals surface area contributed by atoms with Crippen LogP contribution in [0.15, 0.2) is 0 Å². The average Bonchev–Trinajstić information content (AvgIpc) is 1.27. The normalized spacial score (nSPS) is 10.4. The molecule has 0 fully saturated rings. The predicted molar refractivity (Wildman–Crippen MR) is 33.0 cm³/mol. The standard InChI is InChI=1S/C3H7.2Al.HNO.2H/c1-3-2;;;1-2;;/h3H,1-2H3;;;2H;;. The van der Waals surface area contributed by atoms with Gasteiger partial charge in [-0.2, -0.15) is 0 Å². The molecule has 1 radical (unpaired) electrons. The van der Waals surface area contributed by atoms with Crippen LogP contribution in [0.4, 0.5) is 0 Å². The molecule has 1 N–H and O–H groups in total. The summed E-state index contributed by atoms with van der Waals surface area (Å²) < 4.78 is 2.06. The summed E-state index contributed by atoms with van der Waals surface area (Å²) in [5.41, 5.74) is 0. The number of rotatable bonds is 2. The smallest absolute Gasteiger partial charge is 0.351 e. The SMILES string of the molecule is C[CH](C)[AlH][N](O)[AlH]. The van der Waals surface area contributed by atoms with Gasteiger partial charge < -0.3 is 8.24 Å². The van der Waals surface area contributed by atoms with Gasteiger partial charge in [-0.1, -0.05) is 18.6 Å². The third-order valence-electron chi connectivity index (χ3n) is 0.576. The van der Waals surface area contributed by atoms with Crippen LogP contribution in [-0.4, -0.2) is 40.2 Å². The summed E-state index contributed by atoms with van der Waals surface area (Å²) in [4.78, 5) is 0. The first kappa shape index (κ1) is 7.98. The van der Waals surface area contributed by atoms with Crippen LogP contribution < -0.4 is 0 Å². The fourth-order valence-corrected chi connectivity index (χ4v) is 2.81. The second-order valence-corrected chi connectivity index (χ2v) is 6.44. The van der Waals surface area contributed by atoms with Gasteiger partial charge in [0.15, 0.2) is 0 Å². The molecule has 0 spiro atoms.